The second-order valence-corrected chi connectivity index (χ2v) is 11.0. The smallest absolute Gasteiger partial charge is 0.252 e. The third-order valence-corrected chi connectivity index (χ3v) is 8.95. The van der Waals surface area contributed by atoms with E-state index in [2.05, 4.69) is 15.5 Å². The van der Waals surface area contributed by atoms with Crippen molar-refractivity contribution in [3.63, 3.8) is 0 Å². The van der Waals surface area contributed by atoms with Crippen molar-refractivity contribution in [2.24, 2.45) is 5.92 Å². The van der Waals surface area contributed by atoms with E-state index in [1.54, 1.807) is 18.6 Å². The highest BCUT2D eigenvalue weighted by atomic mass is 32.2. The summed E-state index contributed by atoms with van der Waals surface area (Å²) in [4.78, 5) is 17.1. The summed E-state index contributed by atoms with van der Waals surface area (Å²) >= 11 is 1.13. The van der Waals surface area contributed by atoms with E-state index in [0.29, 0.717) is 48.0 Å². The van der Waals surface area contributed by atoms with E-state index >= 15 is 0 Å². The number of benzene rings is 1. The minimum Gasteiger partial charge on any atom is -0.495 e. The fraction of sp³-hybridized carbons (Fsp3) is 0.409. The van der Waals surface area contributed by atoms with Crippen molar-refractivity contribution in [2.75, 3.05) is 25.5 Å². The van der Waals surface area contributed by atoms with Crippen molar-refractivity contribution in [3.05, 3.63) is 41.1 Å². The largest absolute Gasteiger partial charge is 0.495 e. The summed E-state index contributed by atoms with van der Waals surface area (Å²) in [5.74, 6) is 1.08. The summed E-state index contributed by atoms with van der Waals surface area (Å²) in [5.41, 5.74) is 2.24. The van der Waals surface area contributed by atoms with Crippen molar-refractivity contribution < 1.29 is 22.5 Å². The quantitative estimate of drug-likeness (QED) is 0.537. The molecule has 1 N–H and O–H groups in total. The molecule has 176 valence electrons. The van der Waals surface area contributed by atoms with Crippen molar-refractivity contribution in [1.82, 2.24) is 14.4 Å². The molecule has 0 aliphatic carbocycles. The number of nitrogens with zero attached hydrogens (tertiary/aromatic N) is 3. The minimum atomic E-state index is -3.66. The molecule has 9 nitrogen and oxygen atoms in total. The highest BCUT2D eigenvalue weighted by Crippen LogP contribution is 2.32. The molecule has 33 heavy (non-hydrogen) atoms. The number of thiophene rings is 1. The summed E-state index contributed by atoms with van der Waals surface area (Å²) in [5, 5.41) is 8.55. The summed E-state index contributed by atoms with van der Waals surface area (Å²) in [7, 11) is -2.10. The van der Waals surface area contributed by atoms with Crippen LogP contribution in [0.25, 0.3) is 11.4 Å². The first-order valence-electron chi connectivity index (χ1n) is 10.7. The molecule has 1 aromatic carbocycles. The molecule has 1 fully saturated rings. The van der Waals surface area contributed by atoms with Crippen LogP contribution >= 0.6 is 11.3 Å². The Morgan fingerprint density at radius 3 is 2.73 bits per heavy atom. The number of methoxy groups -OCH3 is 1. The van der Waals surface area contributed by atoms with Gasteiger partial charge in [-0.25, -0.2) is 8.42 Å². The zero-order valence-electron chi connectivity index (χ0n) is 18.7. The minimum absolute atomic E-state index is 0.127. The van der Waals surface area contributed by atoms with Gasteiger partial charge in [0.15, 0.2) is 0 Å². The number of aryl methyl sites for hydroxylation is 2. The van der Waals surface area contributed by atoms with E-state index in [4.69, 9.17) is 9.26 Å². The maximum Gasteiger partial charge on any atom is 0.252 e. The third-order valence-electron chi connectivity index (χ3n) is 5.64. The van der Waals surface area contributed by atoms with E-state index < -0.39 is 10.0 Å². The lowest BCUT2D eigenvalue weighted by Crippen LogP contribution is -2.41. The highest BCUT2D eigenvalue weighted by Gasteiger charge is 2.33. The second kappa shape index (κ2) is 9.62. The number of carbonyl (C=O) groups is 1. The first kappa shape index (κ1) is 23.4. The van der Waals surface area contributed by atoms with E-state index in [1.807, 2.05) is 32.0 Å². The van der Waals surface area contributed by atoms with E-state index in [1.165, 1.54) is 4.31 Å². The molecule has 1 aliphatic rings. The molecule has 0 radical (unpaired) electrons. The maximum absolute atomic E-state index is 13.1. The van der Waals surface area contributed by atoms with Crippen LogP contribution in [0.4, 0.5) is 5.69 Å². The molecule has 2 aromatic heterocycles. The van der Waals surface area contributed by atoms with Gasteiger partial charge in [0.2, 0.25) is 17.6 Å². The fourth-order valence-electron chi connectivity index (χ4n) is 3.72. The van der Waals surface area contributed by atoms with E-state index in [-0.39, 0.29) is 29.1 Å². The van der Waals surface area contributed by atoms with Crippen LogP contribution in [0.15, 0.2) is 38.4 Å². The zero-order valence-corrected chi connectivity index (χ0v) is 20.3. The molecule has 4 rings (SSSR count). The van der Waals surface area contributed by atoms with Gasteiger partial charge in [-0.1, -0.05) is 18.1 Å². The zero-order chi connectivity index (χ0) is 23.6. The van der Waals surface area contributed by atoms with Gasteiger partial charge in [-0.2, -0.15) is 9.29 Å². The molecular weight excluding hydrogens is 464 g/mol. The van der Waals surface area contributed by atoms with Gasteiger partial charge < -0.3 is 14.6 Å². The Hall–Kier alpha value is -2.76. The Bertz CT molecular complexity index is 1240. The molecule has 1 saturated heterocycles. The van der Waals surface area contributed by atoms with Crippen molar-refractivity contribution in [2.45, 2.75) is 37.3 Å². The molecule has 1 aliphatic heterocycles. The summed E-state index contributed by atoms with van der Waals surface area (Å²) in [6.07, 6.45) is 1.51. The molecule has 0 saturated carbocycles. The van der Waals surface area contributed by atoms with Crippen LogP contribution in [-0.2, 0) is 21.2 Å². The molecule has 0 bridgehead atoms. The number of nitrogens with one attached hydrogen (secondary N) is 1. The lowest BCUT2D eigenvalue weighted by Gasteiger charge is -2.30. The topological polar surface area (TPSA) is 115 Å². The summed E-state index contributed by atoms with van der Waals surface area (Å²) < 4.78 is 38.4. The monoisotopic (exact) mass is 490 g/mol. The lowest BCUT2D eigenvalue weighted by molar-refractivity contribution is -0.120. The van der Waals surface area contributed by atoms with Crippen molar-refractivity contribution in [1.29, 1.82) is 0 Å². The van der Waals surface area contributed by atoms with Crippen molar-refractivity contribution in [3.8, 4) is 17.1 Å². The average Bonchev–Trinajstić information content (AvgIpc) is 3.49. The standard InChI is InChI=1S/C22H26N4O5S2/c1-4-19-24-21(25-31-19)16-12-20(32-13-16)33(28,29)26-9-7-15(8-10-26)22(27)23-17-11-14(2)5-6-18(17)30-3/h5-6,11-13,15H,4,7-10H2,1-3H3,(H,23,27). The Kier molecular flexibility index (Phi) is 6.82. The van der Waals surface area contributed by atoms with Gasteiger partial charge >= 0.3 is 0 Å². The van der Waals surface area contributed by atoms with Crippen LogP contribution in [0.3, 0.4) is 0 Å². The number of sulfonamides is 1. The second-order valence-electron chi connectivity index (χ2n) is 7.89. The molecule has 0 atom stereocenters. The summed E-state index contributed by atoms with van der Waals surface area (Å²) in [6.45, 7) is 4.40. The van der Waals surface area contributed by atoms with E-state index in [9.17, 15) is 13.2 Å². The number of amides is 1. The number of anilines is 1. The van der Waals surface area contributed by atoms with Gasteiger partial charge in [-0.05, 0) is 43.5 Å². The van der Waals surface area contributed by atoms with Gasteiger partial charge in [-0.3, -0.25) is 4.79 Å². The fourth-order valence-corrected chi connectivity index (χ4v) is 6.51. The SMILES string of the molecule is CCc1nc(-c2csc(S(=O)(=O)N3CCC(C(=O)Nc4cc(C)ccc4OC)CC3)c2)no1. The maximum atomic E-state index is 13.1. The number of carbonyl (C=O) groups excluding carboxylic acids is 1. The highest BCUT2D eigenvalue weighted by molar-refractivity contribution is 7.91. The average molecular weight is 491 g/mol. The molecule has 0 spiro atoms. The Morgan fingerprint density at radius 1 is 1.30 bits per heavy atom. The number of ether oxygens (including phenoxy) is 1. The van der Waals surface area contributed by atoms with Gasteiger partial charge in [-0.15, -0.1) is 11.3 Å². The molecule has 0 unspecified atom stereocenters. The van der Waals surface area contributed by atoms with Gasteiger partial charge in [0.1, 0.15) is 9.96 Å². The van der Waals surface area contributed by atoms with Gasteiger partial charge in [0, 0.05) is 36.4 Å². The normalized spacial score (nSPS) is 15.5. The first-order valence-corrected chi connectivity index (χ1v) is 13.0. The van der Waals surface area contributed by atoms with Crippen molar-refractivity contribution >= 4 is 33.0 Å². The Morgan fingerprint density at radius 2 is 2.06 bits per heavy atom. The first-order chi connectivity index (χ1) is 15.8. The van der Waals surface area contributed by atoms with Crippen LogP contribution in [0.5, 0.6) is 5.75 Å². The third kappa shape index (κ3) is 4.94. The molecule has 3 aromatic rings. The number of piperidine rings is 1. The van der Waals surface area contributed by atoms with Gasteiger partial charge in [0.25, 0.3) is 10.0 Å². The Balaban J connectivity index is 1.40. The van der Waals surface area contributed by atoms with Gasteiger partial charge in [0.05, 0.1) is 12.8 Å². The van der Waals surface area contributed by atoms with Crippen LogP contribution in [0, 0.1) is 12.8 Å². The molecule has 11 heteroatoms. The van der Waals surface area contributed by atoms with Crippen LogP contribution in [0.2, 0.25) is 0 Å². The Labute approximate surface area is 196 Å². The number of hydrogen-bond donors (Lipinski definition) is 1. The summed E-state index contributed by atoms with van der Waals surface area (Å²) in [6, 6.07) is 7.16. The molecule has 3 heterocycles. The molecule has 1 amide bonds. The predicted octanol–water partition coefficient (Wildman–Crippen LogP) is 3.72. The lowest BCUT2D eigenvalue weighted by atomic mass is 9.97. The number of rotatable bonds is 7. The van der Waals surface area contributed by atoms with Crippen LogP contribution in [-0.4, -0.2) is 49.0 Å². The number of aromatic nitrogens is 2. The molecular formula is C22H26N4O5S2. The number of hydrogen-bond acceptors (Lipinski definition) is 8. The van der Waals surface area contributed by atoms with E-state index in [0.717, 1.165) is 16.9 Å². The van der Waals surface area contributed by atoms with Crippen LogP contribution in [0.1, 0.15) is 31.2 Å². The van der Waals surface area contributed by atoms with Crippen LogP contribution < -0.4 is 10.1 Å². The predicted molar refractivity (Wildman–Crippen MR) is 125 cm³/mol.